The average Bonchev–Trinajstić information content (AvgIpc) is 2.72. The zero-order valence-electron chi connectivity index (χ0n) is 17.8. The molecule has 3 aromatic rings. The summed E-state index contributed by atoms with van der Waals surface area (Å²) in [5, 5.41) is 0.918. The number of thioether (sulfide) groups is 1. The molecule has 0 bridgehead atoms. The number of likely N-dealkylation sites (N-methyl/N-ethyl adjacent to an activating group) is 1. The van der Waals surface area contributed by atoms with E-state index in [-0.39, 0.29) is 11.7 Å². The molecule has 2 aliphatic rings. The lowest BCUT2D eigenvalue weighted by Crippen LogP contribution is -2.51. The first-order valence-electron chi connectivity index (χ1n) is 10.5. The van der Waals surface area contributed by atoms with Crippen molar-refractivity contribution in [2.45, 2.75) is 31.3 Å². The Balaban J connectivity index is 1.80. The van der Waals surface area contributed by atoms with Crippen LogP contribution in [0, 0.1) is 18.6 Å². The number of anilines is 1. The Bertz CT molecular complexity index is 1260. The average molecular weight is 443 g/mol. The van der Waals surface area contributed by atoms with Crippen molar-refractivity contribution in [3.8, 4) is 11.1 Å². The Morgan fingerprint density at radius 3 is 2.71 bits per heavy atom. The minimum absolute atomic E-state index is 0.221. The van der Waals surface area contributed by atoms with Gasteiger partial charge in [0.2, 0.25) is 0 Å². The Morgan fingerprint density at radius 2 is 1.97 bits per heavy atom. The normalized spacial score (nSPS) is 19.3. The third-order valence-corrected chi connectivity index (χ3v) is 7.33. The van der Waals surface area contributed by atoms with Crippen LogP contribution in [-0.2, 0) is 6.54 Å². The maximum atomic E-state index is 14.7. The number of piperazine rings is 1. The molecule has 0 radical (unpaired) electrons. The van der Waals surface area contributed by atoms with Gasteiger partial charge in [-0.1, -0.05) is 0 Å². The van der Waals surface area contributed by atoms with Crippen molar-refractivity contribution >= 4 is 28.5 Å². The van der Waals surface area contributed by atoms with Gasteiger partial charge in [0.1, 0.15) is 17.5 Å². The molecule has 2 aliphatic heterocycles. The van der Waals surface area contributed by atoms with Gasteiger partial charge in [-0.05, 0) is 44.7 Å². The number of aromatic nitrogens is 2. The van der Waals surface area contributed by atoms with Gasteiger partial charge in [-0.2, -0.15) is 4.98 Å². The largest absolute Gasteiger partial charge is 0.351 e. The van der Waals surface area contributed by atoms with Crippen LogP contribution in [0.25, 0.3) is 22.0 Å². The molecule has 162 valence electrons. The number of hydrogen-bond donors (Lipinski definition) is 0. The van der Waals surface area contributed by atoms with Crippen LogP contribution in [0.5, 0.6) is 0 Å². The number of rotatable bonds is 2. The summed E-state index contributed by atoms with van der Waals surface area (Å²) in [5.74, 6) is 0.205. The van der Waals surface area contributed by atoms with Gasteiger partial charge < -0.3 is 9.80 Å². The molecule has 31 heavy (non-hydrogen) atoms. The van der Waals surface area contributed by atoms with Gasteiger partial charge in [0.05, 0.1) is 5.52 Å². The van der Waals surface area contributed by atoms with Gasteiger partial charge in [-0.25, -0.2) is 13.6 Å². The van der Waals surface area contributed by atoms with Crippen LogP contribution >= 0.6 is 11.8 Å². The van der Waals surface area contributed by atoms with Crippen LogP contribution in [-0.4, -0.2) is 52.9 Å². The smallest absolute Gasteiger partial charge is 0.350 e. The van der Waals surface area contributed by atoms with Crippen molar-refractivity contribution in [1.29, 1.82) is 0 Å². The second-order valence-corrected chi connectivity index (χ2v) is 9.55. The van der Waals surface area contributed by atoms with E-state index in [4.69, 9.17) is 0 Å². The van der Waals surface area contributed by atoms with E-state index >= 15 is 0 Å². The molecule has 0 spiro atoms. The lowest BCUT2D eigenvalue weighted by atomic mass is 9.97. The molecule has 0 N–H and O–H groups in total. The number of hydrogen-bond acceptors (Lipinski definition) is 5. The molecule has 5 nitrogen and oxygen atoms in total. The molecule has 1 saturated heterocycles. The van der Waals surface area contributed by atoms with Gasteiger partial charge in [0, 0.05) is 65.4 Å². The maximum absolute atomic E-state index is 14.7. The lowest BCUT2D eigenvalue weighted by Gasteiger charge is -2.39. The second-order valence-electron chi connectivity index (χ2n) is 8.44. The number of aryl methyl sites for hydroxylation is 2. The Labute approximate surface area is 183 Å². The van der Waals surface area contributed by atoms with E-state index in [1.54, 1.807) is 16.3 Å². The summed E-state index contributed by atoms with van der Waals surface area (Å²) >= 11 is 1.62. The predicted molar refractivity (Wildman–Crippen MR) is 121 cm³/mol. The van der Waals surface area contributed by atoms with Crippen molar-refractivity contribution in [2.24, 2.45) is 0 Å². The SMILES string of the molecule is Cc1cc2c(N3CCN(C)C[C@@H]3C)nc(=O)n3c2c(c1-c1ccc(F)cc1F)SCC3. The van der Waals surface area contributed by atoms with E-state index in [2.05, 4.69) is 28.8 Å². The molecule has 0 amide bonds. The number of halogens is 2. The quantitative estimate of drug-likeness (QED) is 0.602. The van der Waals surface area contributed by atoms with Crippen molar-refractivity contribution in [1.82, 2.24) is 14.5 Å². The zero-order chi connectivity index (χ0) is 21.9. The number of nitrogens with zero attached hydrogens (tertiary/aromatic N) is 4. The highest BCUT2D eigenvalue weighted by atomic mass is 32.2. The fourth-order valence-electron chi connectivity index (χ4n) is 4.81. The summed E-state index contributed by atoms with van der Waals surface area (Å²) in [5.41, 5.74) is 2.51. The molecule has 1 fully saturated rings. The van der Waals surface area contributed by atoms with Crippen LogP contribution in [0.1, 0.15) is 12.5 Å². The van der Waals surface area contributed by atoms with Gasteiger partial charge in [0.25, 0.3) is 0 Å². The van der Waals surface area contributed by atoms with Crippen LogP contribution in [0.2, 0.25) is 0 Å². The molecule has 5 rings (SSSR count). The molecule has 0 aliphatic carbocycles. The fraction of sp³-hybridized carbons (Fsp3) is 0.391. The molecule has 3 heterocycles. The van der Waals surface area contributed by atoms with E-state index in [1.807, 2.05) is 13.0 Å². The summed E-state index contributed by atoms with van der Waals surface area (Å²) in [6.07, 6.45) is 0. The van der Waals surface area contributed by atoms with Gasteiger partial charge in [-0.15, -0.1) is 11.8 Å². The standard InChI is InChI=1S/C23H24F2N4OS/c1-13-10-17-20-21(19(13)16-5-4-15(24)11-18(16)25)31-9-8-29(20)23(30)26-22(17)28-7-6-27(3)12-14(28)2/h4-5,10-11,14H,6-9,12H2,1-3H3/t14-/m0/s1. The van der Waals surface area contributed by atoms with Crippen molar-refractivity contribution in [3.63, 3.8) is 0 Å². The van der Waals surface area contributed by atoms with Gasteiger partial charge in [-0.3, -0.25) is 4.57 Å². The molecule has 0 saturated carbocycles. The first-order chi connectivity index (χ1) is 14.8. The Hall–Kier alpha value is -2.45. The summed E-state index contributed by atoms with van der Waals surface area (Å²) in [6.45, 7) is 7.23. The number of benzene rings is 2. The summed E-state index contributed by atoms with van der Waals surface area (Å²) in [7, 11) is 2.10. The molecular weight excluding hydrogens is 418 g/mol. The van der Waals surface area contributed by atoms with Crippen molar-refractivity contribution in [2.75, 3.05) is 37.3 Å². The Morgan fingerprint density at radius 1 is 1.16 bits per heavy atom. The van der Waals surface area contributed by atoms with Crippen LogP contribution in [0.4, 0.5) is 14.6 Å². The molecule has 2 aromatic carbocycles. The minimum Gasteiger partial charge on any atom is -0.351 e. The van der Waals surface area contributed by atoms with Crippen molar-refractivity contribution < 1.29 is 8.78 Å². The molecule has 8 heteroatoms. The van der Waals surface area contributed by atoms with Crippen LogP contribution in [0.15, 0.2) is 34.0 Å². The monoisotopic (exact) mass is 442 g/mol. The van der Waals surface area contributed by atoms with Crippen LogP contribution in [0.3, 0.4) is 0 Å². The highest BCUT2D eigenvalue weighted by molar-refractivity contribution is 7.99. The molecule has 1 aromatic heterocycles. The van der Waals surface area contributed by atoms with Crippen LogP contribution < -0.4 is 10.6 Å². The molecule has 1 atom stereocenters. The van der Waals surface area contributed by atoms with Gasteiger partial charge >= 0.3 is 5.69 Å². The second kappa shape index (κ2) is 7.60. The summed E-state index contributed by atoms with van der Waals surface area (Å²) < 4.78 is 30.0. The van der Waals surface area contributed by atoms with Gasteiger partial charge in [0.15, 0.2) is 0 Å². The summed E-state index contributed by atoms with van der Waals surface area (Å²) in [6, 6.07) is 5.90. The molecular formula is C23H24F2N4OS. The lowest BCUT2D eigenvalue weighted by molar-refractivity contribution is 0.275. The van der Waals surface area contributed by atoms with E-state index in [1.165, 1.54) is 12.1 Å². The highest BCUT2D eigenvalue weighted by Crippen LogP contribution is 2.44. The fourth-order valence-corrected chi connectivity index (χ4v) is 6.06. The Kier molecular flexibility index (Phi) is 5.01. The highest BCUT2D eigenvalue weighted by Gasteiger charge is 2.29. The van der Waals surface area contributed by atoms with Crippen molar-refractivity contribution in [3.05, 3.63) is 51.9 Å². The first kappa shape index (κ1) is 20.5. The predicted octanol–water partition coefficient (Wildman–Crippen LogP) is 3.90. The topological polar surface area (TPSA) is 41.4 Å². The van der Waals surface area contributed by atoms with E-state index in [0.29, 0.717) is 23.7 Å². The molecule has 0 unspecified atom stereocenters. The third-order valence-electron chi connectivity index (χ3n) is 6.26. The summed E-state index contributed by atoms with van der Waals surface area (Å²) in [4.78, 5) is 22.9. The first-order valence-corrected chi connectivity index (χ1v) is 11.4. The third kappa shape index (κ3) is 3.32. The zero-order valence-corrected chi connectivity index (χ0v) is 18.6. The minimum atomic E-state index is -0.603. The van der Waals surface area contributed by atoms with E-state index in [9.17, 15) is 13.6 Å². The maximum Gasteiger partial charge on any atom is 0.350 e. The van der Waals surface area contributed by atoms with E-state index < -0.39 is 11.6 Å². The van der Waals surface area contributed by atoms with E-state index in [0.717, 1.165) is 52.6 Å².